The van der Waals surface area contributed by atoms with Crippen LogP contribution in [-0.4, -0.2) is 12.6 Å². The predicted molar refractivity (Wildman–Crippen MR) is 47.6 cm³/mol. The first-order valence-electron chi connectivity index (χ1n) is 5.05. The highest BCUT2D eigenvalue weighted by Gasteiger charge is 2.37. The quantitative estimate of drug-likeness (QED) is 0.609. The average molecular weight is 153 g/mol. The molecule has 0 aromatic rings. The normalized spacial score (nSPS) is 36.3. The molecule has 1 atom stereocenters. The Balaban J connectivity index is 2.00. The van der Waals surface area contributed by atoms with E-state index in [1.807, 2.05) is 0 Å². The lowest BCUT2D eigenvalue weighted by Gasteiger charge is -2.31. The Kier molecular flexibility index (Phi) is 1.92. The molecule has 0 spiro atoms. The van der Waals surface area contributed by atoms with Crippen LogP contribution in [0.4, 0.5) is 0 Å². The van der Waals surface area contributed by atoms with Crippen LogP contribution in [0.2, 0.25) is 0 Å². The summed E-state index contributed by atoms with van der Waals surface area (Å²) in [5.74, 6) is 0. The third kappa shape index (κ3) is 1.31. The van der Waals surface area contributed by atoms with Crippen LogP contribution < -0.4 is 5.32 Å². The van der Waals surface area contributed by atoms with Crippen LogP contribution in [0.3, 0.4) is 0 Å². The highest BCUT2D eigenvalue weighted by molar-refractivity contribution is 4.93. The van der Waals surface area contributed by atoms with E-state index in [4.69, 9.17) is 0 Å². The first kappa shape index (κ1) is 7.60. The van der Waals surface area contributed by atoms with Crippen molar-refractivity contribution in [3.05, 3.63) is 0 Å². The van der Waals surface area contributed by atoms with Crippen molar-refractivity contribution in [3.63, 3.8) is 0 Å². The lowest BCUT2D eigenvalue weighted by atomic mass is 9.80. The van der Waals surface area contributed by atoms with Gasteiger partial charge < -0.3 is 5.32 Å². The van der Waals surface area contributed by atoms with Gasteiger partial charge in [-0.05, 0) is 37.6 Å². The van der Waals surface area contributed by atoms with E-state index in [2.05, 4.69) is 12.2 Å². The van der Waals surface area contributed by atoms with Gasteiger partial charge in [0.25, 0.3) is 0 Å². The van der Waals surface area contributed by atoms with Crippen LogP contribution in [0.5, 0.6) is 0 Å². The molecule has 2 rings (SSSR count). The number of hydrogen-bond acceptors (Lipinski definition) is 1. The first-order chi connectivity index (χ1) is 5.31. The molecule has 0 radical (unpaired) electrons. The molecule has 2 aliphatic rings. The molecule has 1 saturated heterocycles. The summed E-state index contributed by atoms with van der Waals surface area (Å²) in [5.41, 5.74) is 0.663. The van der Waals surface area contributed by atoms with Crippen LogP contribution >= 0.6 is 0 Å². The minimum absolute atomic E-state index is 0.663. The molecule has 1 aliphatic carbocycles. The summed E-state index contributed by atoms with van der Waals surface area (Å²) < 4.78 is 0. The second kappa shape index (κ2) is 2.78. The Labute approximate surface area is 69.6 Å². The summed E-state index contributed by atoms with van der Waals surface area (Å²) in [7, 11) is 0. The fraction of sp³-hybridized carbons (Fsp3) is 1.00. The zero-order valence-electron chi connectivity index (χ0n) is 7.53. The van der Waals surface area contributed by atoms with Crippen molar-refractivity contribution < 1.29 is 0 Å². The number of rotatable bonds is 1. The summed E-state index contributed by atoms with van der Waals surface area (Å²) in [4.78, 5) is 0. The fourth-order valence-corrected chi connectivity index (χ4v) is 2.81. The van der Waals surface area contributed by atoms with E-state index in [1.54, 1.807) is 0 Å². The maximum Gasteiger partial charge on any atom is 0.0121 e. The third-order valence-corrected chi connectivity index (χ3v) is 3.65. The standard InChI is InChI=1S/C10H19N/c1-10(6-2-3-7-10)9-5-4-8-11-9/h9,11H,2-8H2,1H3. The molecule has 1 aliphatic heterocycles. The van der Waals surface area contributed by atoms with Crippen LogP contribution in [-0.2, 0) is 0 Å². The minimum atomic E-state index is 0.663. The molecule has 1 saturated carbocycles. The zero-order chi connectivity index (χ0) is 7.73. The molecule has 0 aromatic heterocycles. The topological polar surface area (TPSA) is 12.0 Å². The Bertz CT molecular complexity index is 130. The van der Waals surface area contributed by atoms with Crippen molar-refractivity contribution >= 4 is 0 Å². The van der Waals surface area contributed by atoms with Crippen LogP contribution in [0.25, 0.3) is 0 Å². The molecule has 64 valence electrons. The second-order valence-electron chi connectivity index (χ2n) is 4.51. The van der Waals surface area contributed by atoms with E-state index in [0.717, 1.165) is 6.04 Å². The van der Waals surface area contributed by atoms with Crippen molar-refractivity contribution in [2.24, 2.45) is 5.41 Å². The van der Waals surface area contributed by atoms with E-state index in [0.29, 0.717) is 5.41 Å². The molecule has 1 N–H and O–H groups in total. The highest BCUT2D eigenvalue weighted by Crippen LogP contribution is 2.42. The Morgan fingerprint density at radius 1 is 1.18 bits per heavy atom. The summed E-state index contributed by atoms with van der Waals surface area (Å²) in [6.07, 6.45) is 8.69. The van der Waals surface area contributed by atoms with Gasteiger partial charge in [0.2, 0.25) is 0 Å². The van der Waals surface area contributed by atoms with Gasteiger partial charge in [-0.3, -0.25) is 0 Å². The third-order valence-electron chi connectivity index (χ3n) is 3.65. The first-order valence-corrected chi connectivity index (χ1v) is 5.05. The second-order valence-corrected chi connectivity index (χ2v) is 4.51. The molecule has 1 unspecified atom stereocenters. The lowest BCUT2D eigenvalue weighted by Crippen LogP contribution is -2.37. The monoisotopic (exact) mass is 153 g/mol. The van der Waals surface area contributed by atoms with E-state index in [1.165, 1.54) is 45.1 Å². The van der Waals surface area contributed by atoms with Crippen LogP contribution in [0.1, 0.15) is 45.4 Å². The summed E-state index contributed by atoms with van der Waals surface area (Å²) >= 11 is 0. The van der Waals surface area contributed by atoms with Gasteiger partial charge in [-0.2, -0.15) is 0 Å². The van der Waals surface area contributed by atoms with Crippen molar-refractivity contribution in [2.75, 3.05) is 6.54 Å². The summed E-state index contributed by atoms with van der Waals surface area (Å²) in [6.45, 7) is 3.74. The minimum Gasteiger partial charge on any atom is -0.313 e. The Morgan fingerprint density at radius 2 is 1.91 bits per heavy atom. The molecule has 0 bridgehead atoms. The highest BCUT2D eigenvalue weighted by atomic mass is 15.0. The van der Waals surface area contributed by atoms with Gasteiger partial charge in [-0.15, -0.1) is 0 Å². The van der Waals surface area contributed by atoms with E-state index in [-0.39, 0.29) is 0 Å². The largest absolute Gasteiger partial charge is 0.313 e. The van der Waals surface area contributed by atoms with Crippen molar-refractivity contribution in [3.8, 4) is 0 Å². The summed E-state index contributed by atoms with van der Waals surface area (Å²) in [6, 6.07) is 0.852. The van der Waals surface area contributed by atoms with Gasteiger partial charge in [0.1, 0.15) is 0 Å². The van der Waals surface area contributed by atoms with Crippen molar-refractivity contribution in [1.29, 1.82) is 0 Å². The molecule has 1 nitrogen and oxygen atoms in total. The van der Waals surface area contributed by atoms with Gasteiger partial charge in [-0.25, -0.2) is 0 Å². The maximum absolute atomic E-state index is 3.64. The van der Waals surface area contributed by atoms with Crippen molar-refractivity contribution in [1.82, 2.24) is 5.32 Å². The Morgan fingerprint density at radius 3 is 2.45 bits per heavy atom. The van der Waals surface area contributed by atoms with Gasteiger partial charge in [-0.1, -0.05) is 19.8 Å². The van der Waals surface area contributed by atoms with E-state index >= 15 is 0 Å². The van der Waals surface area contributed by atoms with Gasteiger partial charge in [0.05, 0.1) is 0 Å². The maximum atomic E-state index is 3.64. The number of hydrogen-bond donors (Lipinski definition) is 1. The van der Waals surface area contributed by atoms with E-state index in [9.17, 15) is 0 Å². The average Bonchev–Trinajstić information content (AvgIpc) is 2.55. The molecule has 1 heterocycles. The SMILES string of the molecule is CC1(C2CCCN2)CCCC1. The molecular weight excluding hydrogens is 134 g/mol. The smallest absolute Gasteiger partial charge is 0.0121 e. The van der Waals surface area contributed by atoms with Gasteiger partial charge in [0, 0.05) is 6.04 Å². The van der Waals surface area contributed by atoms with Crippen molar-refractivity contribution in [2.45, 2.75) is 51.5 Å². The molecule has 0 amide bonds. The van der Waals surface area contributed by atoms with Crippen LogP contribution in [0.15, 0.2) is 0 Å². The number of nitrogens with one attached hydrogen (secondary N) is 1. The summed E-state index contributed by atoms with van der Waals surface area (Å²) in [5, 5.41) is 3.64. The molecule has 2 fully saturated rings. The van der Waals surface area contributed by atoms with Gasteiger partial charge >= 0.3 is 0 Å². The van der Waals surface area contributed by atoms with E-state index < -0.39 is 0 Å². The predicted octanol–water partition coefficient (Wildman–Crippen LogP) is 2.32. The van der Waals surface area contributed by atoms with Gasteiger partial charge in [0.15, 0.2) is 0 Å². The molecule has 0 aromatic carbocycles. The molecule has 1 heteroatoms. The van der Waals surface area contributed by atoms with Crippen LogP contribution in [0, 0.1) is 5.41 Å². The fourth-order valence-electron chi connectivity index (χ4n) is 2.81. The Hall–Kier alpha value is -0.0400. The zero-order valence-corrected chi connectivity index (χ0v) is 7.53. The molecule has 11 heavy (non-hydrogen) atoms. The molecular formula is C10H19N. The lowest BCUT2D eigenvalue weighted by molar-refractivity contribution is 0.241.